The van der Waals surface area contributed by atoms with Gasteiger partial charge < -0.3 is 5.32 Å². The number of aryl methyl sites for hydroxylation is 2. The van der Waals surface area contributed by atoms with Crippen LogP contribution in [0.15, 0.2) is 34.8 Å². The van der Waals surface area contributed by atoms with Gasteiger partial charge in [0.05, 0.1) is 6.04 Å². The molecule has 4 heteroatoms. The first kappa shape index (κ1) is 16.5. The Morgan fingerprint density at radius 2 is 1.95 bits per heavy atom. The third kappa shape index (κ3) is 3.65. The summed E-state index contributed by atoms with van der Waals surface area (Å²) in [7, 11) is 0. The van der Waals surface area contributed by atoms with Gasteiger partial charge in [0.1, 0.15) is 5.82 Å². The molecule has 1 atom stereocenters. The summed E-state index contributed by atoms with van der Waals surface area (Å²) in [4.78, 5) is 0. The fourth-order valence-corrected chi connectivity index (χ4v) is 3.38. The summed E-state index contributed by atoms with van der Waals surface area (Å²) in [5.41, 5.74) is 3.39. The first-order valence-corrected chi connectivity index (χ1v) is 8.06. The Hall–Kier alpha value is -0.900. The van der Waals surface area contributed by atoms with Crippen molar-refractivity contribution in [1.29, 1.82) is 0 Å². The molecule has 0 radical (unpaired) electrons. The Morgan fingerprint density at radius 3 is 2.52 bits per heavy atom. The van der Waals surface area contributed by atoms with Crippen molar-refractivity contribution in [2.24, 2.45) is 0 Å². The lowest BCUT2D eigenvalue weighted by Gasteiger charge is -2.23. The maximum Gasteiger partial charge on any atom is 0.128 e. The Bertz CT molecular complexity index is 634. The van der Waals surface area contributed by atoms with E-state index in [1.54, 1.807) is 6.07 Å². The quantitative estimate of drug-likeness (QED) is 0.743. The summed E-state index contributed by atoms with van der Waals surface area (Å²) in [6, 6.07) is 9.00. The highest BCUT2D eigenvalue weighted by molar-refractivity contribution is 9.10. The Balaban J connectivity index is 2.59. The van der Waals surface area contributed by atoms with Crippen LogP contribution >= 0.6 is 27.5 Å². The van der Waals surface area contributed by atoms with Crippen molar-refractivity contribution in [3.63, 3.8) is 0 Å². The van der Waals surface area contributed by atoms with Crippen molar-refractivity contribution in [2.45, 2.75) is 26.8 Å². The number of hydrogen-bond acceptors (Lipinski definition) is 1. The number of rotatable bonds is 4. The minimum Gasteiger partial charge on any atom is -0.306 e. The molecule has 0 fully saturated rings. The van der Waals surface area contributed by atoms with Crippen molar-refractivity contribution in [2.75, 3.05) is 6.54 Å². The molecule has 1 N–H and O–H groups in total. The van der Waals surface area contributed by atoms with E-state index in [0.29, 0.717) is 10.6 Å². The maximum atomic E-state index is 14.5. The van der Waals surface area contributed by atoms with Crippen molar-refractivity contribution in [1.82, 2.24) is 5.32 Å². The van der Waals surface area contributed by atoms with E-state index in [9.17, 15) is 4.39 Å². The van der Waals surface area contributed by atoms with Gasteiger partial charge >= 0.3 is 0 Å². The molecule has 2 aromatic carbocycles. The summed E-state index contributed by atoms with van der Waals surface area (Å²) in [5.74, 6) is -0.197. The molecule has 0 amide bonds. The molecule has 0 aliphatic rings. The van der Waals surface area contributed by atoms with Gasteiger partial charge in [-0.3, -0.25) is 0 Å². The van der Waals surface area contributed by atoms with E-state index < -0.39 is 0 Å². The maximum absolute atomic E-state index is 14.5. The lowest BCUT2D eigenvalue weighted by molar-refractivity contribution is 0.555. The normalized spacial score (nSPS) is 12.5. The zero-order valence-corrected chi connectivity index (χ0v) is 14.6. The number of benzene rings is 2. The van der Waals surface area contributed by atoms with Crippen LogP contribution < -0.4 is 5.32 Å². The third-order valence-corrected chi connectivity index (χ3v) is 4.27. The fraction of sp³-hybridized carbons (Fsp3) is 0.294. The van der Waals surface area contributed by atoms with E-state index in [-0.39, 0.29) is 11.9 Å². The minimum atomic E-state index is -0.254. The molecule has 0 bridgehead atoms. The molecule has 0 saturated heterocycles. The summed E-state index contributed by atoms with van der Waals surface area (Å²) >= 11 is 9.75. The largest absolute Gasteiger partial charge is 0.306 e. The molecule has 0 saturated carbocycles. The van der Waals surface area contributed by atoms with Crippen LogP contribution in [0.1, 0.15) is 35.2 Å². The van der Waals surface area contributed by atoms with Gasteiger partial charge in [0, 0.05) is 15.1 Å². The van der Waals surface area contributed by atoms with E-state index in [2.05, 4.69) is 21.2 Å². The summed E-state index contributed by atoms with van der Waals surface area (Å²) < 4.78 is 15.4. The predicted octanol–water partition coefficient (Wildman–Crippen LogP) is 5.56. The molecule has 1 unspecified atom stereocenters. The fourth-order valence-electron chi connectivity index (χ4n) is 2.60. The van der Waals surface area contributed by atoms with Gasteiger partial charge in [-0.25, -0.2) is 4.39 Å². The second kappa shape index (κ2) is 6.91. The molecule has 0 aliphatic heterocycles. The monoisotopic (exact) mass is 369 g/mol. The van der Waals surface area contributed by atoms with Gasteiger partial charge in [-0.1, -0.05) is 46.6 Å². The molecule has 2 aromatic rings. The average Bonchev–Trinajstić information content (AvgIpc) is 2.37. The highest BCUT2D eigenvalue weighted by Crippen LogP contribution is 2.33. The molecule has 0 spiro atoms. The zero-order chi connectivity index (χ0) is 15.6. The lowest BCUT2D eigenvalue weighted by Crippen LogP contribution is -2.24. The van der Waals surface area contributed by atoms with Gasteiger partial charge in [-0.2, -0.15) is 0 Å². The predicted molar refractivity (Wildman–Crippen MR) is 90.5 cm³/mol. The van der Waals surface area contributed by atoms with Crippen LogP contribution in [0.4, 0.5) is 4.39 Å². The van der Waals surface area contributed by atoms with Crippen molar-refractivity contribution in [3.05, 3.63) is 67.9 Å². The van der Waals surface area contributed by atoms with E-state index in [0.717, 1.165) is 27.7 Å². The van der Waals surface area contributed by atoms with Crippen LogP contribution in [0.25, 0.3) is 0 Å². The molecule has 0 aromatic heterocycles. The Morgan fingerprint density at radius 1 is 1.24 bits per heavy atom. The highest BCUT2D eigenvalue weighted by atomic mass is 79.9. The van der Waals surface area contributed by atoms with E-state index in [1.165, 1.54) is 0 Å². The van der Waals surface area contributed by atoms with Gasteiger partial charge in [0.15, 0.2) is 0 Å². The molecular formula is C17H18BrClFN. The SMILES string of the molecule is CCNC(c1ccc(Br)cc1Cl)c1c(C)cc(C)cc1F. The Labute approximate surface area is 138 Å². The number of nitrogens with one attached hydrogen (secondary N) is 1. The summed E-state index contributed by atoms with van der Waals surface area (Å²) in [6.45, 7) is 6.56. The third-order valence-electron chi connectivity index (χ3n) is 3.45. The van der Waals surface area contributed by atoms with Crippen molar-refractivity contribution < 1.29 is 4.39 Å². The first-order chi connectivity index (χ1) is 9.93. The smallest absolute Gasteiger partial charge is 0.128 e. The topological polar surface area (TPSA) is 12.0 Å². The van der Waals surface area contributed by atoms with E-state index in [4.69, 9.17) is 11.6 Å². The summed E-state index contributed by atoms with van der Waals surface area (Å²) in [5, 5.41) is 3.96. The lowest BCUT2D eigenvalue weighted by atomic mass is 9.93. The van der Waals surface area contributed by atoms with Crippen LogP contribution in [0, 0.1) is 19.7 Å². The average molecular weight is 371 g/mol. The zero-order valence-electron chi connectivity index (χ0n) is 12.3. The molecule has 1 nitrogen and oxygen atoms in total. The van der Waals surface area contributed by atoms with E-state index >= 15 is 0 Å². The van der Waals surface area contributed by atoms with Gasteiger partial charge in [0.25, 0.3) is 0 Å². The molecular weight excluding hydrogens is 353 g/mol. The molecule has 0 heterocycles. The standard InChI is InChI=1S/C17H18BrClFN/c1-4-21-17(13-6-5-12(18)9-14(13)19)16-11(3)7-10(2)8-15(16)20/h5-9,17,21H,4H2,1-3H3. The van der Waals surface area contributed by atoms with Crippen LogP contribution in [-0.4, -0.2) is 6.54 Å². The molecule has 0 aliphatic carbocycles. The second-order valence-electron chi connectivity index (χ2n) is 5.13. The summed E-state index contributed by atoms with van der Waals surface area (Å²) in [6.07, 6.45) is 0. The molecule has 21 heavy (non-hydrogen) atoms. The van der Waals surface area contributed by atoms with Crippen LogP contribution in [0.3, 0.4) is 0 Å². The molecule has 2 rings (SSSR count). The van der Waals surface area contributed by atoms with Crippen molar-refractivity contribution >= 4 is 27.5 Å². The Kier molecular flexibility index (Phi) is 5.42. The van der Waals surface area contributed by atoms with Crippen LogP contribution in [-0.2, 0) is 0 Å². The van der Waals surface area contributed by atoms with Gasteiger partial charge in [-0.05, 0) is 55.3 Å². The van der Waals surface area contributed by atoms with Gasteiger partial charge in [-0.15, -0.1) is 0 Å². The minimum absolute atomic E-state index is 0.197. The second-order valence-corrected chi connectivity index (χ2v) is 6.46. The highest BCUT2D eigenvalue weighted by Gasteiger charge is 2.21. The number of hydrogen-bond donors (Lipinski definition) is 1. The first-order valence-electron chi connectivity index (χ1n) is 6.89. The molecule has 112 valence electrons. The van der Waals surface area contributed by atoms with Gasteiger partial charge in [0.2, 0.25) is 0 Å². The van der Waals surface area contributed by atoms with Crippen LogP contribution in [0.2, 0.25) is 5.02 Å². The van der Waals surface area contributed by atoms with Crippen LogP contribution in [0.5, 0.6) is 0 Å². The van der Waals surface area contributed by atoms with Crippen molar-refractivity contribution in [3.8, 4) is 0 Å². The number of halogens is 3. The van der Waals surface area contributed by atoms with E-state index in [1.807, 2.05) is 45.0 Å².